The first-order valence-electron chi connectivity index (χ1n) is 9.17. The minimum atomic E-state index is -0.200. The first kappa shape index (κ1) is 17.5. The average Bonchev–Trinajstić information content (AvgIpc) is 3.04. The molecular weight excluding hydrogens is 343 g/mol. The molecule has 1 aromatic carbocycles. The number of halogens is 1. The minimum absolute atomic E-state index is 0.200. The van der Waals surface area contributed by atoms with Crippen LogP contribution in [0.1, 0.15) is 19.4 Å². The molecule has 0 atom stereocenters. The number of fused-ring (bicyclic) bond motifs is 1. The molecule has 7 heteroatoms. The van der Waals surface area contributed by atoms with Crippen molar-refractivity contribution in [1.29, 1.82) is 0 Å². The number of anilines is 1. The molecule has 4 rings (SSSR count). The van der Waals surface area contributed by atoms with Crippen LogP contribution in [-0.2, 0) is 6.42 Å². The van der Waals surface area contributed by atoms with Crippen molar-refractivity contribution in [1.82, 2.24) is 25.5 Å². The van der Waals surface area contributed by atoms with Crippen molar-refractivity contribution < 1.29 is 4.39 Å². The zero-order valence-electron chi connectivity index (χ0n) is 15.6. The van der Waals surface area contributed by atoms with Gasteiger partial charge in [-0.1, -0.05) is 20.4 Å². The van der Waals surface area contributed by atoms with Gasteiger partial charge in [0.2, 0.25) is 0 Å². The van der Waals surface area contributed by atoms with Crippen LogP contribution in [0.15, 0.2) is 36.8 Å². The van der Waals surface area contributed by atoms with Crippen LogP contribution in [0.4, 0.5) is 10.2 Å². The van der Waals surface area contributed by atoms with Gasteiger partial charge in [-0.3, -0.25) is 5.10 Å². The molecule has 3 aromatic rings. The molecule has 1 fully saturated rings. The molecule has 1 saturated heterocycles. The van der Waals surface area contributed by atoms with E-state index in [0.717, 1.165) is 35.7 Å². The van der Waals surface area contributed by atoms with E-state index >= 15 is 0 Å². The van der Waals surface area contributed by atoms with Gasteiger partial charge in [-0.25, -0.2) is 14.4 Å². The van der Waals surface area contributed by atoms with E-state index in [1.807, 2.05) is 12.1 Å². The SMILES string of the molecule is C=C1CN(c2cc(-c3n[nH]c4cc(F)c(CC(C)C)cc34)ncn2)CCN1. The number of hydrogen-bond acceptors (Lipinski definition) is 5. The van der Waals surface area contributed by atoms with Gasteiger partial charge in [0, 0.05) is 30.2 Å². The van der Waals surface area contributed by atoms with Crippen molar-refractivity contribution >= 4 is 16.7 Å². The quantitative estimate of drug-likeness (QED) is 0.742. The van der Waals surface area contributed by atoms with Gasteiger partial charge in [0.1, 0.15) is 23.7 Å². The summed E-state index contributed by atoms with van der Waals surface area (Å²) in [5.74, 6) is 1.01. The van der Waals surface area contributed by atoms with E-state index in [2.05, 4.69) is 50.8 Å². The third-order valence-corrected chi connectivity index (χ3v) is 4.72. The highest BCUT2D eigenvalue weighted by Gasteiger charge is 2.18. The van der Waals surface area contributed by atoms with Crippen LogP contribution < -0.4 is 10.2 Å². The largest absolute Gasteiger partial charge is 0.386 e. The standard InChI is InChI=1S/C20H23FN6/c1-12(2)6-14-7-15-17(8-16(14)21)25-26-20(15)18-9-19(24-11-23-18)27-5-4-22-13(3)10-27/h7-9,11-12,22H,3-6,10H2,1-2H3,(H,25,26). The predicted molar refractivity (Wildman–Crippen MR) is 105 cm³/mol. The maximum absolute atomic E-state index is 14.3. The number of hydrogen-bond donors (Lipinski definition) is 2. The molecule has 0 saturated carbocycles. The summed E-state index contributed by atoms with van der Waals surface area (Å²) < 4.78 is 14.3. The Kier molecular flexibility index (Phi) is 4.51. The molecule has 0 amide bonds. The van der Waals surface area contributed by atoms with Gasteiger partial charge in [0.15, 0.2) is 0 Å². The van der Waals surface area contributed by atoms with Crippen molar-refractivity contribution in [3.63, 3.8) is 0 Å². The van der Waals surface area contributed by atoms with Gasteiger partial charge in [0.05, 0.1) is 17.8 Å². The average molecular weight is 366 g/mol. The topological polar surface area (TPSA) is 69.7 Å². The van der Waals surface area contributed by atoms with Crippen molar-refractivity contribution in [2.75, 3.05) is 24.5 Å². The molecule has 0 aliphatic carbocycles. The van der Waals surface area contributed by atoms with Crippen molar-refractivity contribution in [3.8, 4) is 11.4 Å². The van der Waals surface area contributed by atoms with E-state index in [9.17, 15) is 4.39 Å². The second-order valence-electron chi connectivity index (χ2n) is 7.37. The first-order chi connectivity index (χ1) is 13.0. The summed E-state index contributed by atoms with van der Waals surface area (Å²) in [5.41, 5.74) is 3.78. The van der Waals surface area contributed by atoms with E-state index in [1.54, 1.807) is 6.33 Å². The molecule has 6 nitrogen and oxygen atoms in total. The molecule has 0 radical (unpaired) electrons. The summed E-state index contributed by atoms with van der Waals surface area (Å²) in [7, 11) is 0. The molecule has 0 unspecified atom stereocenters. The van der Waals surface area contributed by atoms with E-state index in [1.165, 1.54) is 6.07 Å². The Morgan fingerprint density at radius 3 is 2.89 bits per heavy atom. The van der Waals surface area contributed by atoms with Crippen LogP contribution in [0.2, 0.25) is 0 Å². The maximum atomic E-state index is 14.3. The lowest BCUT2D eigenvalue weighted by molar-refractivity contribution is 0.575. The maximum Gasteiger partial charge on any atom is 0.133 e. The zero-order chi connectivity index (χ0) is 19.0. The number of rotatable bonds is 4. The van der Waals surface area contributed by atoms with Crippen LogP contribution in [-0.4, -0.2) is 39.8 Å². The van der Waals surface area contributed by atoms with Crippen LogP contribution >= 0.6 is 0 Å². The first-order valence-corrected chi connectivity index (χ1v) is 9.17. The van der Waals surface area contributed by atoms with E-state index in [4.69, 9.17) is 0 Å². The predicted octanol–water partition coefficient (Wildman–Crippen LogP) is 3.28. The van der Waals surface area contributed by atoms with Gasteiger partial charge in [-0.15, -0.1) is 0 Å². The Labute approximate surface area is 157 Å². The van der Waals surface area contributed by atoms with Crippen molar-refractivity contribution in [2.24, 2.45) is 5.92 Å². The molecule has 0 bridgehead atoms. The molecule has 0 spiro atoms. The molecule has 2 aromatic heterocycles. The van der Waals surface area contributed by atoms with Crippen LogP contribution in [0.3, 0.4) is 0 Å². The van der Waals surface area contributed by atoms with Crippen LogP contribution in [0.25, 0.3) is 22.3 Å². The fourth-order valence-electron chi connectivity index (χ4n) is 3.45. The molecule has 27 heavy (non-hydrogen) atoms. The highest BCUT2D eigenvalue weighted by Crippen LogP contribution is 2.29. The Morgan fingerprint density at radius 1 is 1.26 bits per heavy atom. The highest BCUT2D eigenvalue weighted by atomic mass is 19.1. The van der Waals surface area contributed by atoms with Gasteiger partial charge in [-0.2, -0.15) is 5.10 Å². The van der Waals surface area contributed by atoms with Gasteiger partial charge < -0.3 is 10.2 Å². The highest BCUT2D eigenvalue weighted by molar-refractivity contribution is 5.92. The number of aromatic nitrogens is 4. The normalized spacial score (nSPS) is 14.8. The second-order valence-corrected chi connectivity index (χ2v) is 7.37. The summed E-state index contributed by atoms with van der Waals surface area (Å²) in [6.07, 6.45) is 2.23. The Morgan fingerprint density at radius 2 is 2.11 bits per heavy atom. The summed E-state index contributed by atoms with van der Waals surface area (Å²) in [6, 6.07) is 5.34. The molecule has 2 N–H and O–H groups in total. The number of H-pyrrole nitrogens is 1. The molecule has 1 aliphatic heterocycles. The number of benzene rings is 1. The number of aromatic amines is 1. The van der Waals surface area contributed by atoms with E-state index in [-0.39, 0.29) is 5.82 Å². The molecule has 140 valence electrons. The van der Waals surface area contributed by atoms with Gasteiger partial charge in [0.25, 0.3) is 0 Å². The van der Waals surface area contributed by atoms with Crippen molar-refractivity contribution in [2.45, 2.75) is 20.3 Å². The fraction of sp³-hybridized carbons (Fsp3) is 0.350. The third-order valence-electron chi connectivity index (χ3n) is 4.72. The van der Waals surface area contributed by atoms with Crippen LogP contribution in [0.5, 0.6) is 0 Å². The number of piperazine rings is 1. The van der Waals surface area contributed by atoms with Crippen LogP contribution in [0, 0.1) is 11.7 Å². The van der Waals surface area contributed by atoms with Crippen molar-refractivity contribution in [3.05, 3.63) is 48.2 Å². The van der Waals surface area contributed by atoms with E-state index in [0.29, 0.717) is 35.7 Å². The lowest BCUT2D eigenvalue weighted by atomic mass is 10.00. The summed E-state index contributed by atoms with van der Waals surface area (Å²) >= 11 is 0. The van der Waals surface area contributed by atoms with Gasteiger partial charge in [-0.05, 0) is 30.0 Å². The third kappa shape index (κ3) is 3.49. The number of nitrogens with zero attached hydrogens (tertiary/aromatic N) is 4. The second kappa shape index (κ2) is 6.98. The Hall–Kier alpha value is -2.96. The molecule has 3 heterocycles. The molecular formula is C20H23FN6. The minimum Gasteiger partial charge on any atom is -0.386 e. The summed E-state index contributed by atoms with van der Waals surface area (Å²) in [6.45, 7) is 10.6. The number of nitrogens with one attached hydrogen (secondary N) is 2. The summed E-state index contributed by atoms with van der Waals surface area (Å²) in [5, 5.41) is 11.4. The lowest BCUT2D eigenvalue weighted by Crippen LogP contribution is -2.42. The fourth-order valence-corrected chi connectivity index (χ4v) is 3.45. The Bertz CT molecular complexity index is 993. The lowest BCUT2D eigenvalue weighted by Gasteiger charge is -2.30. The monoisotopic (exact) mass is 366 g/mol. The molecule has 1 aliphatic rings. The van der Waals surface area contributed by atoms with Gasteiger partial charge >= 0.3 is 0 Å². The summed E-state index contributed by atoms with van der Waals surface area (Å²) in [4.78, 5) is 11.0. The smallest absolute Gasteiger partial charge is 0.133 e. The van der Waals surface area contributed by atoms with E-state index < -0.39 is 0 Å². The zero-order valence-corrected chi connectivity index (χ0v) is 15.6. The Balaban J connectivity index is 1.74.